The van der Waals surface area contributed by atoms with Gasteiger partial charge in [-0.25, -0.2) is 0 Å². The van der Waals surface area contributed by atoms with Crippen LogP contribution in [0.1, 0.15) is 38.7 Å². The van der Waals surface area contributed by atoms with E-state index in [4.69, 9.17) is 0 Å². The minimum Gasteiger partial charge on any atom is -0.314 e. The Morgan fingerprint density at radius 3 is 2.89 bits per heavy atom. The van der Waals surface area contributed by atoms with Crippen molar-refractivity contribution in [1.82, 2.24) is 5.32 Å². The zero-order valence-corrected chi connectivity index (χ0v) is 12.0. The number of benzene rings is 1. The zero-order chi connectivity index (χ0) is 13.7. The van der Waals surface area contributed by atoms with Crippen LogP contribution in [-0.4, -0.2) is 25.0 Å². The van der Waals surface area contributed by atoms with E-state index in [1.807, 2.05) is 11.0 Å². The number of nitrogens with one attached hydrogen (secondary N) is 1. The number of rotatable bonds is 4. The summed E-state index contributed by atoms with van der Waals surface area (Å²) in [6, 6.07) is 8.75. The molecule has 0 atom stereocenters. The molecule has 1 aromatic carbocycles. The van der Waals surface area contributed by atoms with Crippen LogP contribution in [0, 0.1) is 0 Å². The number of hydrogen-bond donors (Lipinski definition) is 1. The van der Waals surface area contributed by atoms with Gasteiger partial charge in [-0.2, -0.15) is 0 Å². The highest BCUT2D eigenvalue weighted by Gasteiger charge is 2.20. The molecule has 0 bridgehead atoms. The van der Waals surface area contributed by atoms with Crippen LogP contribution < -0.4 is 10.2 Å². The van der Waals surface area contributed by atoms with Gasteiger partial charge in [-0.15, -0.1) is 0 Å². The first kappa shape index (κ1) is 14.1. The molecule has 0 unspecified atom stereocenters. The van der Waals surface area contributed by atoms with Crippen molar-refractivity contribution in [3.8, 4) is 0 Å². The fraction of sp³-hybridized carbons (Fsp3) is 0.562. The summed E-state index contributed by atoms with van der Waals surface area (Å²) in [7, 11) is 0. The first-order chi connectivity index (χ1) is 9.18. The maximum absolute atomic E-state index is 12.4. The highest BCUT2D eigenvalue weighted by atomic mass is 16.2. The predicted octanol–water partition coefficient (Wildman–Crippen LogP) is 2.74. The number of fused-ring (bicyclic) bond motifs is 1. The molecule has 0 aromatic heterocycles. The molecule has 1 aromatic rings. The van der Waals surface area contributed by atoms with Crippen LogP contribution in [0.4, 0.5) is 5.69 Å². The summed E-state index contributed by atoms with van der Waals surface area (Å²) in [5.74, 6) is 0.238. The Kier molecular flexibility index (Phi) is 4.97. The first-order valence-electron chi connectivity index (χ1n) is 7.30. The van der Waals surface area contributed by atoms with Gasteiger partial charge in [-0.05, 0) is 30.9 Å². The number of nitrogens with zero attached hydrogens (tertiary/aromatic N) is 1. The summed E-state index contributed by atoms with van der Waals surface area (Å²) in [6.07, 6.45) is 3.93. The Morgan fingerprint density at radius 2 is 2.11 bits per heavy atom. The van der Waals surface area contributed by atoms with Crippen molar-refractivity contribution in [2.24, 2.45) is 0 Å². The van der Waals surface area contributed by atoms with Crippen molar-refractivity contribution in [1.29, 1.82) is 0 Å². The molecule has 0 radical (unpaired) electrons. The Balaban J connectivity index is 2.04. The van der Waals surface area contributed by atoms with Gasteiger partial charge in [-0.3, -0.25) is 4.79 Å². The molecule has 3 heteroatoms. The van der Waals surface area contributed by atoms with Gasteiger partial charge in [0, 0.05) is 31.2 Å². The molecule has 1 N–H and O–H groups in total. The number of para-hydroxylation sites is 1. The van der Waals surface area contributed by atoms with Gasteiger partial charge in [-0.1, -0.05) is 32.0 Å². The van der Waals surface area contributed by atoms with Gasteiger partial charge in [0.25, 0.3) is 0 Å². The van der Waals surface area contributed by atoms with Crippen LogP contribution >= 0.6 is 0 Å². The van der Waals surface area contributed by atoms with E-state index in [0.717, 1.165) is 31.6 Å². The van der Waals surface area contributed by atoms with Gasteiger partial charge in [0.05, 0.1) is 0 Å². The van der Waals surface area contributed by atoms with Crippen molar-refractivity contribution in [2.75, 3.05) is 18.0 Å². The molecular weight excluding hydrogens is 236 g/mol. The quantitative estimate of drug-likeness (QED) is 0.903. The Morgan fingerprint density at radius 1 is 1.32 bits per heavy atom. The minimum absolute atomic E-state index is 0.238. The second-order valence-electron chi connectivity index (χ2n) is 5.49. The van der Waals surface area contributed by atoms with E-state index in [1.54, 1.807) is 0 Å². The number of anilines is 1. The molecule has 3 nitrogen and oxygen atoms in total. The van der Waals surface area contributed by atoms with E-state index in [-0.39, 0.29) is 5.91 Å². The summed E-state index contributed by atoms with van der Waals surface area (Å²) < 4.78 is 0. The monoisotopic (exact) mass is 260 g/mol. The maximum atomic E-state index is 12.4. The van der Waals surface area contributed by atoms with Crippen LogP contribution in [0.5, 0.6) is 0 Å². The van der Waals surface area contributed by atoms with E-state index < -0.39 is 0 Å². The van der Waals surface area contributed by atoms with E-state index in [0.29, 0.717) is 12.5 Å². The number of carbonyl (C=O) groups excluding carboxylic acids is 1. The Hall–Kier alpha value is -1.35. The SMILES string of the molecule is CC(C)NCCC(=O)N1CCCCc2ccccc21. The van der Waals surface area contributed by atoms with Crippen molar-refractivity contribution >= 4 is 11.6 Å². The summed E-state index contributed by atoms with van der Waals surface area (Å²) in [6.45, 7) is 5.82. The normalized spacial score (nSPS) is 15.2. The summed E-state index contributed by atoms with van der Waals surface area (Å²) >= 11 is 0. The van der Waals surface area contributed by atoms with E-state index in [1.165, 1.54) is 12.0 Å². The zero-order valence-electron chi connectivity index (χ0n) is 12.0. The lowest BCUT2D eigenvalue weighted by Gasteiger charge is -2.23. The Labute approximate surface area is 116 Å². The molecule has 19 heavy (non-hydrogen) atoms. The van der Waals surface area contributed by atoms with Crippen molar-refractivity contribution in [2.45, 2.75) is 45.6 Å². The van der Waals surface area contributed by atoms with E-state index >= 15 is 0 Å². The number of hydrogen-bond acceptors (Lipinski definition) is 2. The lowest BCUT2D eigenvalue weighted by atomic mass is 10.1. The highest BCUT2D eigenvalue weighted by Crippen LogP contribution is 2.26. The van der Waals surface area contributed by atoms with Gasteiger partial charge in [0.1, 0.15) is 0 Å². The van der Waals surface area contributed by atoms with E-state index in [2.05, 4.69) is 37.4 Å². The molecule has 0 fully saturated rings. The van der Waals surface area contributed by atoms with Gasteiger partial charge in [0.15, 0.2) is 0 Å². The average Bonchev–Trinajstić information content (AvgIpc) is 2.60. The van der Waals surface area contributed by atoms with Gasteiger partial charge >= 0.3 is 0 Å². The van der Waals surface area contributed by atoms with Crippen LogP contribution in [0.15, 0.2) is 24.3 Å². The predicted molar refractivity (Wildman–Crippen MR) is 79.5 cm³/mol. The smallest absolute Gasteiger partial charge is 0.228 e. The second kappa shape index (κ2) is 6.71. The number of carbonyl (C=O) groups is 1. The summed E-state index contributed by atoms with van der Waals surface area (Å²) in [5.41, 5.74) is 2.43. The van der Waals surface area contributed by atoms with Gasteiger partial charge in [0.2, 0.25) is 5.91 Å². The highest BCUT2D eigenvalue weighted by molar-refractivity contribution is 5.94. The van der Waals surface area contributed by atoms with Crippen LogP contribution in [0.25, 0.3) is 0 Å². The third kappa shape index (κ3) is 3.80. The van der Waals surface area contributed by atoms with Crippen LogP contribution in [0.3, 0.4) is 0 Å². The van der Waals surface area contributed by atoms with Crippen LogP contribution in [0.2, 0.25) is 0 Å². The largest absolute Gasteiger partial charge is 0.314 e. The summed E-state index contributed by atoms with van der Waals surface area (Å²) in [5, 5.41) is 3.31. The van der Waals surface area contributed by atoms with Crippen LogP contribution in [-0.2, 0) is 11.2 Å². The molecule has 1 heterocycles. The fourth-order valence-corrected chi connectivity index (χ4v) is 2.55. The molecular formula is C16H24N2O. The van der Waals surface area contributed by atoms with Crippen molar-refractivity contribution in [3.05, 3.63) is 29.8 Å². The minimum atomic E-state index is 0.238. The second-order valence-corrected chi connectivity index (χ2v) is 5.49. The molecule has 0 spiro atoms. The standard InChI is InChI=1S/C16H24N2O/c1-13(2)17-11-10-16(19)18-12-6-5-8-14-7-3-4-9-15(14)18/h3-4,7,9,13,17H,5-6,8,10-12H2,1-2H3. The van der Waals surface area contributed by atoms with Crippen molar-refractivity contribution < 1.29 is 4.79 Å². The molecule has 0 saturated heterocycles. The Bertz CT molecular complexity index is 429. The lowest BCUT2D eigenvalue weighted by Crippen LogP contribution is -2.35. The van der Waals surface area contributed by atoms with Crippen molar-refractivity contribution in [3.63, 3.8) is 0 Å². The third-order valence-electron chi connectivity index (χ3n) is 3.55. The molecule has 1 amide bonds. The maximum Gasteiger partial charge on any atom is 0.228 e. The fourth-order valence-electron chi connectivity index (χ4n) is 2.55. The number of amides is 1. The topological polar surface area (TPSA) is 32.3 Å². The first-order valence-corrected chi connectivity index (χ1v) is 7.30. The molecule has 2 rings (SSSR count). The lowest BCUT2D eigenvalue weighted by molar-refractivity contribution is -0.118. The van der Waals surface area contributed by atoms with E-state index in [9.17, 15) is 4.79 Å². The molecule has 1 aliphatic rings. The molecule has 0 aliphatic carbocycles. The molecule has 1 aliphatic heterocycles. The van der Waals surface area contributed by atoms with Gasteiger partial charge < -0.3 is 10.2 Å². The number of aryl methyl sites for hydroxylation is 1. The molecule has 0 saturated carbocycles. The summed E-state index contributed by atoms with van der Waals surface area (Å²) in [4.78, 5) is 14.4. The third-order valence-corrected chi connectivity index (χ3v) is 3.55. The average molecular weight is 260 g/mol. The molecule has 104 valence electrons.